The van der Waals surface area contributed by atoms with E-state index in [2.05, 4.69) is 172 Å². The van der Waals surface area contributed by atoms with Crippen LogP contribution in [0.15, 0.2) is 152 Å². The highest BCUT2D eigenvalue weighted by Crippen LogP contribution is 2.51. The fraction of sp³-hybridized carbons (Fsp3) is 0. The van der Waals surface area contributed by atoms with E-state index in [4.69, 9.17) is 0 Å². The minimum atomic E-state index is 1.08. The van der Waals surface area contributed by atoms with Gasteiger partial charge in [-0.2, -0.15) is 0 Å². The van der Waals surface area contributed by atoms with Crippen molar-refractivity contribution in [3.05, 3.63) is 152 Å². The molecule has 4 nitrogen and oxygen atoms in total. The lowest BCUT2D eigenvalue weighted by Gasteiger charge is -2.35. The number of hydrogen-bond donors (Lipinski definition) is 3. The fourth-order valence-electron chi connectivity index (χ4n) is 7.34. The third-order valence-electron chi connectivity index (χ3n) is 9.47. The van der Waals surface area contributed by atoms with Crippen LogP contribution in [0.5, 0.6) is 0 Å². The number of aromatic amines is 2. The Morgan fingerprint density at radius 1 is 0.391 bits per heavy atom. The van der Waals surface area contributed by atoms with Gasteiger partial charge in [-0.1, -0.05) is 103 Å². The van der Waals surface area contributed by atoms with Gasteiger partial charge in [0.05, 0.1) is 33.8 Å². The van der Waals surface area contributed by atoms with Crippen molar-refractivity contribution in [2.75, 3.05) is 10.2 Å². The molecule has 0 unspecified atom stereocenters. The summed E-state index contributed by atoms with van der Waals surface area (Å²) in [6, 6.07) is 54.5. The Morgan fingerprint density at radius 2 is 0.870 bits per heavy atom. The van der Waals surface area contributed by atoms with E-state index in [0.29, 0.717) is 0 Å². The van der Waals surface area contributed by atoms with E-state index >= 15 is 0 Å². The number of anilines is 5. The number of rotatable bonds is 3. The maximum Gasteiger partial charge on any atom is 0.0703 e. The van der Waals surface area contributed by atoms with Gasteiger partial charge >= 0.3 is 0 Å². The Morgan fingerprint density at radius 3 is 1.41 bits per heavy atom. The summed E-state index contributed by atoms with van der Waals surface area (Å²) in [5.74, 6) is 0. The number of benzene rings is 7. The molecular weight excluding hydrogens is 560 g/mol. The molecule has 4 heteroatoms. The van der Waals surface area contributed by atoms with Crippen LogP contribution in [-0.4, -0.2) is 9.97 Å². The standard InChI is InChI=1S/C42H28N4/c1-2-10-28(11-3-1)46-39-24-26(29-14-8-16-33-31-12-4-6-18-35(31)44-41(29)33)20-22-37(39)43-38-23-21-27(25-40(38)46)30-15-9-17-34-32-13-5-7-19-36(32)45-42(30)34/h1-25,43-45H. The molecule has 0 bridgehead atoms. The molecule has 3 heterocycles. The molecule has 1 aliphatic rings. The van der Waals surface area contributed by atoms with Crippen LogP contribution in [0.25, 0.3) is 65.9 Å². The molecule has 10 rings (SSSR count). The maximum absolute atomic E-state index is 3.76. The third kappa shape index (κ3) is 3.67. The van der Waals surface area contributed by atoms with E-state index in [1.165, 1.54) is 43.8 Å². The first-order valence-corrected chi connectivity index (χ1v) is 15.7. The van der Waals surface area contributed by atoms with Crippen LogP contribution in [0.3, 0.4) is 0 Å². The van der Waals surface area contributed by atoms with Crippen molar-refractivity contribution in [3.63, 3.8) is 0 Å². The van der Waals surface area contributed by atoms with Gasteiger partial charge in [0.2, 0.25) is 0 Å². The summed E-state index contributed by atoms with van der Waals surface area (Å²) >= 11 is 0. The van der Waals surface area contributed by atoms with Crippen molar-refractivity contribution in [1.29, 1.82) is 0 Å². The Kier molecular flexibility index (Phi) is 5.25. The van der Waals surface area contributed by atoms with E-state index in [9.17, 15) is 0 Å². The summed E-state index contributed by atoms with van der Waals surface area (Å²) in [5, 5.41) is 8.73. The monoisotopic (exact) mass is 588 g/mol. The summed E-state index contributed by atoms with van der Waals surface area (Å²) < 4.78 is 0. The van der Waals surface area contributed by atoms with Gasteiger partial charge in [0, 0.05) is 49.4 Å². The molecule has 2 aromatic heterocycles. The van der Waals surface area contributed by atoms with Crippen LogP contribution in [0.2, 0.25) is 0 Å². The zero-order valence-electron chi connectivity index (χ0n) is 24.9. The highest BCUT2D eigenvalue weighted by Gasteiger charge is 2.26. The van der Waals surface area contributed by atoms with Crippen LogP contribution in [-0.2, 0) is 0 Å². The topological polar surface area (TPSA) is 46.9 Å². The van der Waals surface area contributed by atoms with Crippen LogP contribution in [0.1, 0.15) is 0 Å². The SMILES string of the molecule is c1ccc(N2c3cc(-c4cccc5c4[nH]c4ccccc45)ccc3Nc3ccc(-c4cccc5c4[nH]c4ccccc45)cc32)cc1. The third-order valence-corrected chi connectivity index (χ3v) is 9.47. The number of para-hydroxylation sites is 5. The average Bonchev–Trinajstić information content (AvgIpc) is 3.69. The lowest BCUT2D eigenvalue weighted by molar-refractivity contribution is 1.25. The lowest BCUT2D eigenvalue weighted by atomic mass is 9.97. The maximum atomic E-state index is 3.76. The number of fused-ring (bicyclic) bond motifs is 8. The molecule has 0 saturated heterocycles. The molecule has 3 N–H and O–H groups in total. The molecule has 1 aliphatic heterocycles. The predicted molar refractivity (Wildman–Crippen MR) is 194 cm³/mol. The number of H-pyrrole nitrogens is 2. The lowest BCUT2D eigenvalue weighted by Crippen LogP contribution is -2.17. The van der Waals surface area contributed by atoms with Gasteiger partial charge in [-0.3, -0.25) is 0 Å². The first-order chi connectivity index (χ1) is 22.8. The number of aromatic nitrogens is 2. The molecule has 0 spiro atoms. The van der Waals surface area contributed by atoms with Crippen molar-refractivity contribution in [3.8, 4) is 22.3 Å². The molecule has 216 valence electrons. The largest absolute Gasteiger partial charge is 0.354 e. The van der Waals surface area contributed by atoms with Gasteiger partial charge in [-0.05, 0) is 59.7 Å². The molecule has 0 atom stereocenters. The molecule has 0 radical (unpaired) electrons. The average molecular weight is 589 g/mol. The second-order valence-electron chi connectivity index (χ2n) is 12.1. The zero-order valence-corrected chi connectivity index (χ0v) is 24.9. The fourth-order valence-corrected chi connectivity index (χ4v) is 7.34. The first-order valence-electron chi connectivity index (χ1n) is 15.7. The Hall–Kier alpha value is -6.26. The van der Waals surface area contributed by atoms with Crippen LogP contribution < -0.4 is 10.2 Å². The molecule has 0 fully saturated rings. The summed E-state index contributed by atoms with van der Waals surface area (Å²) in [6.07, 6.45) is 0. The zero-order chi connectivity index (χ0) is 30.2. The number of nitrogens with zero attached hydrogens (tertiary/aromatic N) is 1. The van der Waals surface area contributed by atoms with Gasteiger partial charge in [0.25, 0.3) is 0 Å². The Bertz CT molecular complexity index is 2460. The van der Waals surface area contributed by atoms with Crippen molar-refractivity contribution in [2.45, 2.75) is 0 Å². The summed E-state index contributed by atoms with van der Waals surface area (Å²) in [7, 11) is 0. The minimum Gasteiger partial charge on any atom is -0.354 e. The van der Waals surface area contributed by atoms with Gasteiger partial charge in [-0.15, -0.1) is 0 Å². The van der Waals surface area contributed by atoms with E-state index < -0.39 is 0 Å². The molecule has 0 amide bonds. The summed E-state index contributed by atoms with van der Waals surface area (Å²) in [5.41, 5.74) is 14.9. The molecule has 46 heavy (non-hydrogen) atoms. The normalized spacial score (nSPS) is 12.5. The highest BCUT2D eigenvalue weighted by molar-refractivity contribution is 6.13. The van der Waals surface area contributed by atoms with Gasteiger partial charge in [0.15, 0.2) is 0 Å². The number of hydrogen-bond acceptors (Lipinski definition) is 2. The van der Waals surface area contributed by atoms with Crippen molar-refractivity contribution in [1.82, 2.24) is 9.97 Å². The molecule has 0 aliphatic carbocycles. The Balaban J connectivity index is 1.17. The van der Waals surface area contributed by atoms with E-state index in [1.807, 2.05) is 0 Å². The molecule has 9 aromatic rings. The molecule has 0 saturated carbocycles. The minimum absolute atomic E-state index is 1.08. The Labute approximate surface area is 265 Å². The van der Waals surface area contributed by atoms with Crippen molar-refractivity contribution >= 4 is 72.0 Å². The van der Waals surface area contributed by atoms with Gasteiger partial charge < -0.3 is 20.2 Å². The van der Waals surface area contributed by atoms with Crippen LogP contribution in [0.4, 0.5) is 28.4 Å². The molecular formula is C42H28N4. The second-order valence-corrected chi connectivity index (χ2v) is 12.1. The highest BCUT2D eigenvalue weighted by atomic mass is 15.2. The van der Waals surface area contributed by atoms with E-state index in [1.54, 1.807) is 0 Å². The van der Waals surface area contributed by atoms with E-state index in [0.717, 1.165) is 50.5 Å². The van der Waals surface area contributed by atoms with Crippen molar-refractivity contribution < 1.29 is 0 Å². The summed E-state index contributed by atoms with van der Waals surface area (Å²) in [4.78, 5) is 9.80. The second kappa shape index (κ2) is 9.62. The predicted octanol–water partition coefficient (Wildman–Crippen LogP) is 11.8. The van der Waals surface area contributed by atoms with E-state index in [-0.39, 0.29) is 0 Å². The van der Waals surface area contributed by atoms with Crippen LogP contribution >= 0.6 is 0 Å². The summed E-state index contributed by atoms with van der Waals surface area (Å²) in [6.45, 7) is 0. The quantitative estimate of drug-likeness (QED) is 0.192. The van der Waals surface area contributed by atoms with Crippen molar-refractivity contribution in [2.24, 2.45) is 0 Å². The van der Waals surface area contributed by atoms with Crippen LogP contribution in [0, 0.1) is 0 Å². The first kappa shape index (κ1) is 25.1. The molecule has 7 aromatic carbocycles. The number of nitrogens with one attached hydrogen (secondary N) is 3. The smallest absolute Gasteiger partial charge is 0.0703 e. The van der Waals surface area contributed by atoms with Gasteiger partial charge in [-0.25, -0.2) is 0 Å². The van der Waals surface area contributed by atoms with Gasteiger partial charge in [0.1, 0.15) is 0 Å².